The largest absolute Gasteiger partial charge is 0.378 e. The molecule has 1 rings (SSSR count). The van der Waals surface area contributed by atoms with Crippen LogP contribution in [0.4, 0.5) is 5.69 Å². The quantitative estimate of drug-likeness (QED) is 0.614. The second-order valence-corrected chi connectivity index (χ2v) is 3.87. The second-order valence-electron chi connectivity index (χ2n) is 3.23. The first-order valence-electron chi connectivity index (χ1n) is 4.44. The smallest absolute Gasteiger partial charge is 0.0392 e. The Bertz CT molecular complexity index is 271. The Morgan fingerprint density at radius 3 is 2.58 bits per heavy atom. The molecule has 66 valence electrons. The number of aryl methyl sites for hydroxylation is 1. The van der Waals surface area contributed by atoms with Crippen LogP contribution in [0.2, 0.25) is 0 Å². The summed E-state index contributed by atoms with van der Waals surface area (Å²) in [7, 11) is 3.39. The summed E-state index contributed by atoms with van der Waals surface area (Å²) >= 11 is 0. The average Bonchev–Trinajstić information content (AvgIpc) is 2.08. The lowest BCUT2D eigenvalue weighted by molar-refractivity contribution is 1.07. The van der Waals surface area contributed by atoms with Gasteiger partial charge in [0.25, 0.3) is 0 Å². The Morgan fingerprint density at radius 1 is 1.33 bits per heavy atom. The molecule has 0 N–H and O–H groups in total. The van der Waals surface area contributed by atoms with Crippen LogP contribution in [0.25, 0.3) is 0 Å². The summed E-state index contributed by atoms with van der Waals surface area (Å²) in [4.78, 5) is 2.33. The topological polar surface area (TPSA) is 3.24 Å². The first-order valence-corrected chi connectivity index (χ1v) is 5.85. The Morgan fingerprint density at radius 2 is 2.00 bits per heavy atom. The average molecular weight is 179 g/mol. The maximum atomic E-state index is 2.33. The van der Waals surface area contributed by atoms with E-state index in [0.717, 1.165) is 0 Å². The molecule has 1 nitrogen and oxygen atoms in total. The third-order valence-electron chi connectivity index (χ3n) is 2.46. The third kappa shape index (κ3) is 1.69. The van der Waals surface area contributed by atoms with Crippen molar-refractivity contribution in [2.45, 2.75) is 13.8 Å². The Balaban J connectivity index is 3.07. The van der Waals surface area contributed by atoms with Crippen LogP contribution < -0.4 is 4.90 Å². The highest BCUT2D eigenvalue weighted by Crippen LogP contribution is 2.20. The van der Waals surface area contributed by atoms with Gasteiger partial charge in [0.05, 0.1) is 0 Å². The normalized spacial score (nSPS) is 10.2. The lowest BCUT2D eigenvalue weighted by Gasteiger charge is -2.20. The molecule has 0 aromatic heterocycles. The molecular formula is C10H17NSi. The van der Waals surface area contributed by atoms with Gasteiger partial charge in [-0.05, 0) is 31.0 Å². The van der Waals surface area contributed by atoms with Crippen molar-refractivity contribution < 1.29 is 0 Å². The number of benzene rings is 1. The SMILES string of the molecule is Cc1cccc(N(C)C[SiH3])c1C. The number of anilines is 1. The van der Waals surface area contributed by atoms with E-state index in [2.05, 4.69) is 44.0 Å². The van der Waals surface area contributed by atoms with Crippen LogP contribution in [0.3, 0.4) is 0 Å². The van der Waals surface area contributed by atoms with E-state index >= 15 is 0 Å². The van der Waals surface area contributed by atoms with Crippen LogP contribution in [0.1, 0.15) is 11.1 Å². The molecule has 0 aliphatic carbocycles. The fourth-order valence-electron chi connectivity index (χ4n) is 1.32. The monoisotopic (exact) mass is 179 g/mol. The van der Waals surface area contributed by atoms with Gasteiger partial charge in [-0.15, -0.1) is 0 Å². The van der Waals surface area contributed by atoms with E-state index in [1.165, 1.54) is 33.2 Å². The minimum atomic E-state index is 1.20. The molecule has 0 heterocycles. The Kier molecular flexibility index (Phi) is 2.92. The molecule has 0 unspecified atom stereocenters. The molecular weight excluding hydrogens is 162 g/mol. The van der Waals surface area contributed by atoms with Crippen LogP contribution in [-0.2, 0) is 0 Å². The van der Waals surface area contributed by atoms with Gasteiger partial charge in [0.2, 0.25) is 0 Å². The van der Waals surface area contributed by atoms with Crippen molar-refractivity contribution in [1.82, 2.24) is 0 Å². The molecule has 2 heteroatoms. The highest BCUT2D eigenvalue weighted by atomic mass is 28.1. The second kappa shape index (κ2) is 3.76. The fraction of sp³-hybridized carbons (Fsp3) is 0.400. The standard InChI is InChI=1S/C10H17NSi/c1-8-5-4-6-10(9(8)2)11(3)7-12/h4-6H,7H2,1-3,12H3. The number of hydrogen-bond donors (Lipinski definition) is 0. The van der Waals surface area contributed by atoms with Crippen molar-refractivity contribution in [1.29, 1.82) is 0 Å². The predicted octanol–water partition coefficient (Wildman–Crippen LogP) is 1.06. The summed E-state index contributed by atoms with van der Waals surface area (Å²) in [5.74, 6) is 0. The van der Waals surface area contributed by atoms with Gasteiger partial charge >= 0.3 is 0 Å². The molecule has 0 saturated heterocycles. The minimum Gasteiger partial charge on any atom is -0.378 e. The Labute approximate surface area is 77.8 Å². The minimum absolute atomic E-state index is 1.20. The van der Waals surface area contributed by atoms with Crippen molar-refractivity contribution in [3.63, 3.8) is 0 Å². The molecule has 0 saturated carbocycles. The van der Waals surface area contributed by atoms with E-state index in [1.807, 2.05) is 0 Å². The summed E-state index contributed by atoms with van der Waals surface area (Å²) in [5.41, 5.74) is 4.18. The molecule has 0 amide bonds. The lowest BCUT2D eigenvalue weighted by atomic mass is 10.1. The molecule has 0 aliphatic heterocycles. The first kappa shape index (κ1) is 9.33. The summed E-state index contributed by atoms with van der Waals surface area (Å²) in [6.07, 6.45) is 1.20. The number of nitrogens with zero attached hydrogens (tertiary/aromatic N) is 1. The van der Waals surface area contributed by atoms with Crippen molar-refractivity contribution in [2.24, 2.45) is 0 Å². The Hall–Kier alpha value is -0.763. The molecule has 0 spiro atoms. The third-order valence-corrected chi connectivity index (χ3v) is 3.41. The zero-order chi connectivity index (χ0) is 9.14. The van der Waals surface area contributed by atoms with Gasteiger partial charge in [0, 0.05) is 29.1 Å². The molecule has 1 aromatic carbocycles. The van der Waals surface area contributed by atoms with E-state index in [1.54, 1.807) is 0 Å². The zero-order valence-corrected chi connectivity index (χ0v) is 10.4. The highest BCUT2D eigenvalue weighted by Gasteiger charge is 2.02. The van der Waals surface area contributed by atoms with Gasteiger partial charge in [-0.2, -0.15) is 0 Å². The van der Waals surface area contributed by atoms with Crippen LogP contribution in [-0.4, -0.2) is 23.5 Å². The molecule has 0 fully saturated rings. The summed E-state index contributed by atoms with van der Waals surface area (Å²) in [5, 5.41) is 0. The van der Waals surface area contributed by atoms with Crippen LogP contribution in [0, 0.1) is 13.8 Å². The van der Waals surface area contributed by atoms with Gasteiger partial charge in [0.1, 0.15) is 0 Å². The zero-order valence-electron chi connectivity index (χ0n) is 8.39. The molecule has 0 atom stereocenters. The summed E-state index contributed by atoms with van der Waals surface area (Å²) in [6.45, 7) is 4.36. The maximum absolute atomic E-state index is 2.33. The molecule has 0 bridgehead atoms. The van der Waals surface area contributed by atoms with E-state index in [0.29, 0.717) is 0 Å². The van der Waals surface area contributed by atoms with Gasteiger partial charge in [0.15, 0.2) is 0 Å². The van der Waals surface area contributed by atoms with Gasteiger partial charge < -0.3 is 4.90 Å². The van der Waals surface area contributed by atoms with E-state index in [-0.39, 0.29) is 0 Å². The van der Waals surface area contributed by atoms with Crippen molar-refractivity contribution in [2.75, 3.05) is 18.1 Å². The van der Waals surface area contributed by atoms with Crippen LogP contribution in [0.5, 0.6) is 0 Å². The van der Waals surface area contributed by atoms with Gasteiger partial charge in [-0.1, -0.05) is 12.1 Å². The fourth-order valence-corrected chi connectivity index (χ4v) is 1.66. The van der Waals surface area contributed by atoms with E-state index < -0.39 is 0 Å². The van der Waals surface area contributed by atoms with Gasteiger partial charge in [-0.25, -0.2) is 0 Å². The summed E-state index contributed by atoms with van der Waals surface area (Å²) < 4.78 is 0. The molecule has 0 radical (unpaired) electrons. The maximum Gasteiger partial charge on any atom is 0.0392 e. The van der Waals surface area contributed by atoms with Crippen molar-refractivity contribution >= 4 is 15.9 Å². The van der Waals surface area contributed by atoms with E-state index in [4.69, 9.17) is 0 Å². The van der Waals surface area contributed by atoms with Gasteiger partial charge in [-0.3, -0.25) is 0 Å². The van der Waals surface area contributed by atoms with Crippen LogP contribution in [0.15, 0.2) is 18.2 Å². The molecule has 0 aliphatic rings. The van der Waals surface area contributed by atoms with Crippen molar-refractivity contribution in [3.8, 4) is 0 Å². The highest BCUT2D eigenvalue weighted by molar-refractivity contribution is 6.10. The van der Waals surface area contributed by atoms with E-state index in [9.17, 15) is 0 Å². The lowest BCUT2D eigenvalue weighted by Crippen LogP contribution is -2.19. The predicted molar refractivity (Wildman–Crippen MR) is 59.1 cm³/mol. The number of hydrogen-bond acceptors (Lipinski definition) is 1. The van der Waals surface area contributed by atoms with Crippen molar-refractivity contribution in [3.05, 3.63) is 29.3 Å². The molecule has 12 heavy (non-hydrogen) atoms. The molecule has 1 aromatic rings. The van der Waals surface area contributed by atoms with Crippen LogP contribution >= 0.6 is 0 Å². The summed E-state index contributed by atoms with van der Waals surface area (Å²) in [6, 6.07) is 6.49. The number of rotatable bonds is 2. The first-order chi connectivity index (χ1) is 5.66.